The molecule has 0 atom stereocenters. The predicted octanol–water partition coefficient (Wildman–Crippen LogP) is 4.23. The number of hydrogen-bond donors (Lipinski definition) is 3. The highest BCUT2D eigenvalue weighted by atomic mass is 16.2. The minimum atomic E-state index is -0.347. The second-order valence-corrected chi connectivity index (χ2v) is 7.06. The van der Waals surface area contributed by atoms with Crippen LogP contribution < -0.4 is 16.0 Å². The molecule has 0 unspecified atom stereocenters. The summed E-state index contributed by atoms with van der Waals surface area (Å²) in [6, 6.07) is 24.9. The van der Waals surface area contributed by atoms with Crippen LogP contribution in [-0.4, -0.2) is 28.3 Å². The van der Waals surface area contributed by atoms with E-state index in [1.54, 1.807) is 29.1 Å². The van der Waals surface area contributed by atoms with Crippen LogP contribution in [0.4, 0.5) is 16.3 Å². The van der Waals surface area contributed by atoms with Crippen LogP contribution in [0.15, 0.2) is 85.1 Å². The number of benzene rings is 3. The van der Waals surface area contributed by atoms with E-state index in [0.29, 0.717) is 18.1 Å². The maximum Gasteiger partial charge on any atom is 0.319 e. The summed E-state index contributed by atoms with van der Waals surface area (Å²) in [5.41, 5.74) is 1.82. The molecule has 0 fully saturated rings. The average Bonchev–Trinajstić information content (AvgIpc) is 3.21. The molecular formula is C24H23N5O2. The Bertz CT molecular complexity index is 1180. The zero-order valence-corrected chi connectivity index (χ0v) is 16.9. The van der Waals surface area contributed by atoms with Gasteiger partial charge in [0.1, 0.15) is 5.82 Å². The number of urea groups is 1. The largest absolute Gasteiger partial charge is 0.337 e. The molecule has 3 amide bonds. The van der Waals surface area contributed by atoms with E-state index in [1.165, 1.54) is 0 Å². The number of fused-ring (bicyclic) bond motifs is 1. The molecule has 0 radical (unpaired) electrons. The Labute approximate surface area is 180 Å². The lowest BCUT2D eigenvalue weighted by Crippen LogP contribution is -2.31. The van der Waals surface area contributed by atoms with E-state index in [9.17, 15) is 9.59 Å². The fourth-order valence-electron chi connectivity index (χ4n) is 3.35. The van der Waals surface area contributed by atoms with Gasteiger partial charge >= 0.3 is 6.03 Å². The first-order valence-electron chi connectivity index (χ1n) is 10.1. The van der Waals surface area contributed by atoms with E-state index in [0.717, 1.165) is 16.3 Å². The number of para-hydroxylation sites is 1. The van der Waals surface area contributed by atoms with Crippen LogP contribution in [0.2, 0.25) is 0 Å². The van der Waals surface area contributed by atoms with Crippen LogP contribution in [0.25, 0.3) is 10.8 Å². The van der Waals surface area contributed by atoms with Gasteiger partial charge in [0.2, 0.25) is 5.91 Å². The van der Waals surface area contributed by atoms with Gasteiger partial charge in [-0.2, -0.15) is 5.10 Å². The van der Waals surface area contributed by atoms with Crippen molar-refractivity contribution in [3.8, 4) is 0 Å². The molecular weight excluding hydrogens is 390 g/mol. The molecule has 1 heterocycles. The molecule has 0 saturated heterocycles. The van der Waals surface area contributed by atoms with Crippen LogP contribution in [0.1, 0.15) is 12.0 Å². The summed E-state index contributed by atoms with van der Waals surface area (Å²) >= 11 is 0. The minimum absolute atomic E-state index is 0.154. The molecule has 0 aliphatic heterocycles. The highest BCUT2D eigenvalue weighted by molar-refractivity contribution is 5.92. The first-order valence-corrected chi connectivity index (χ1v) is 10.1. The third kappa shape index (κ3) is 5.27. The van der Waals surface area contributed by atoms with Crippen molar-refractivity contribution >= 4 is 34.2 Å². The second-order valence-electron chi connectivity index (χ2n) is 7.06. The summed E-state index contributed by atoms with van der Waals surface area (Å²) in [6.07, 6.45) is 1.81. The van der Waals surface area contributed by atoms with Gasteiger partial charge in [0.25, 0.3) is 0 Å². The Morgan fingerprint density at radius 2 is 1.61 bits per heavy atom. The Morgan fingerprint density at radius 3 is 2.48 bits per heavy atom. The monoisotopic (exact) mass is 413 g/mol. The van der Waals surface area contributed by atoms with Gasteiger partial charge in [-0.15, -0.1) is 0 Å². The van der Waals surface area contributed by atoms with Gasteiger partial charge in [-0.3, -0.25) is 4.79 Å². The third-order valence-corrected chi connectivity index (χ3v) is 4.85. The Balaban J connectivity index is 1.31. The van der Waals surface area contributed by atoms with E-state index in [-0.39, 0.29) is 24.9 Å². The van der Waals surface area contributed by atoms with Crippen molar-refractivity contribution in [2.45, 2.75) is 13.0 Å². The number of hydrogen-bond acceptors (Lipinski definition) is 3. The molecule has 0 aliphatic carbocycles. The Hall–Kier alpha value is -4.13. The maximum atomic E-state index is 12.3. The van der Waals surface area contributed by atoms with Crippen molar-refractivity contribution in [3.05, 3.63) is 90.6 Å². The Morgan fingerprint density at radius 1 is 0.839 bits per heavy atom. The summed E-state index contributed by atoms with van der Waals surface area (Å²) in [4.78, 5) is 24.3. The SMILES string of the molecule is O=C(CCNC(=O)Nc1ccccc1)Nc1ccnn1Cc1cccc2ccccc12. The lowest BCUT2D eigenvalue weighted by atomic mass is 10.0. The molecule has 0 spiro atoms. The molecule has 7 nitrogen and oxygen atoms in total. The minimum Gasteiger partial charge on any atom is -0.337 e. The van der Waals surface area contributed by atoms with Gasteiger partial charge in [-0.1, -0.05) is 60.7 Å². The van der Waals surface area contributed by atoms with Crippen LogP contribution in [0, 0.1) is 0 Å². The van der Waals surface area contributed by atoms with E-state index < -0.39 is 0 Å². The van der Waals surface area contributed by atoms with Crippen LogP contribution >= 0.6 is 0 Å². The molecule has 3 N–H and O–H groups in total. The molecule has 31 heavy (non-hydrogen) atoms. The molecule has 4 aromatic rings. The number of amides is 3. The average molecular weight is 413 g/mol. The van der Waals surface area contributed by atoms with Crippen molar-refractivity contribution in [1.82, 2.24) is 15.1 Å². The number of anilines is 2. The standard InChI is InChI=1S/C24H23N5O2/c30-23(14-15-25-24(31)27-20-10-2-1-3-11-20)28-22-13-16-26-29(22)17-19-9-6-8-18-7-4-5-12-21(18)19/h1-13,16H,14-15,17H2,(H,28,30)(H2,25,27,31). The summed E-state index contributed by atoms with van der Waals surface area (Å²) < 4.78 is 1.76. The quantitative estimate of drug-likeness (QED) is 0.424. The number of rotatable bonds is 7. The fraction of sp³-hybridized carbons (Fsp3) is 0.125. The molecule has 0 saturated carbocycles. The van der Waals surface area contributed by atoms with Crippen molar-refractivity contribution in [3.63, 3.8) is 0 Å². The van der Waals surface area contributed by atoms with Crippen molar-refractivity contribution in [2.24, 2.45) is 0 Å². The van der Waals surface area contributed by atoms with Crippen molar-refractivity contribution in [2.75, 3.05) is 17.2 Å². The topological polar surface area (TPSA) is 88.1 Å². The molecule has 156 valence electrons. The molecule has 4 rings (SSSR count). The lowest BCUT2D eigenvalue weighted by Gasteiger charge is -2.11. The van der Waals surface area contributed by atoms with E-state index >= 15 is 0 Å². The predicted molar refractivity (Wildman–Crippen MR) is 122 cm³/mol. The number of nitrogens with one attached hydrogen (secondary N) is 3. The number of nitrogens with zero attached hydrogens (tertiary/aromatic N) is 2. The van der Waals surface area contributed by atoms with Crippen LogP contribution in [-0.2, 0) is 11.3 Å². The first-order chi connectivity index (χ1) is 15.2. The zero-order valence-electron chi connectivity index (χ0n) is 16.9. The number of carbonyl (C=O) groups excluding carboxylic acids is 2. The molecule has 3 aromatic carbocycles. The van der Waals surface area contributed by atoms with E-state index in [4.69, 9.17) is 0 Å². The Kier molecular flexibility index (Phi) is 6.23. The number of aromatic nitrogens is 2. The number of carbonyl (C=O) groups is 2. The highest BCUT2D eigenvalue weighted by Crippen LogP contribution is 2.20. The lowest BCUT2D eigenvalue weighted by molar-refractivity contribution is -0.116. The first kappa shape index (κ1) is 20.2. The van der Waals surface area contributed by atoms with Gasteiger partial charge < -0.3 is 16.0 Å². The molecule has 1 aromatic heterocycles. The highest BCUT2D eigenvalue weighted by Gasteiger charge is 2.10. The summed E-state index contributed by atoms with van der Waals surface area (Å²) in [6.45, 7) is 0.768. The molecule has 7 heteroatoms. The van der Waals surface area contributed by atoms with Crippen LogP contribution in [0.5, 0.6) is 0 Å². The van der Waals surface area contributed by atoms with E-state index in [2.05, 4.69) is 45.3 Å². The van der Waals surface area contributed by atoms with Crippen LogP contribution in [0.3, 0.4) is 0 Å². The summed E-state index contributed by atoms with van der Waals surface area (Å²) in [5, 5.41) is 14.9. The smallest absolute Gasteiger partial charge is 0.319 e. The maximum absolute atomic E-state index is 12.3. The van der Waals surface area contributed by atoms with Gasteiger partial charge in [-0.25, -0.2) is 9.48 Å². The fourth-order valence-corrected chi connectivity index (χ4v) is 3.35. The second kappa shape index (κ2) is 9.58. The van der Waals surface area contributed by atoms with Crippen molar-refractivity contribution < 1.29 is 9.59 Å². The molecule has 0 bridgehead atoms. The van der Waals surface area contributed by atoms with Gasteiger partial charge in [0.05, 0.1) is 12.7 Å². The van der Waals surface area contributed by atoms with E-state index in [1.807, 2.05) is 36.4 Å². The summed E-state index contributed by atoms with van der Waals surface area (Å²) in [5.74, 6) is 0.423. The van der Waals surface area contributed by atoms with Crippen molar-refractivity contribution in [1.29, 1.82) is 0 Å². The van der Waals surface area contributed by atoms with Gasteiger partial charge in [0, 0.05) is 24.7 Å². The summed E-state index contributed by atoms with van der Waals surface area (Å²) in [7, 11) is 0. The van der Waals surface area contributed by atoms with Gasteiger partial charge in [0.15, 0.2) is 0 Å². The third-order valence-electron chi connectivity index (χ3n) is 4.85. The zero-order chi connectivity index (χ0) is 21.5. The molecule has 0 aliphatic rings. The van der Waals surface area contributed by atoms with Gasteiger partial charge in [-0.05, 0) is 28.5 Å². The normalized spacial score (nSPS) is 10.6.